The van der Waals surface area contributed by atoms with Crippen LogP contribution >= 0.6 is 11.3 Å². The standard InChI is InChI=1S/C24H25N3O2S/c1-17-8-10-20(11-9-17)26-24(29)23(28)25-15-21(22-7-4-14-30-22)27-13-12-18-5-2-3-6-19(18)16-27/h2-11,14,21H,12-13,15-16H2,1H3,(H,25,28)(H,26,29)/t21-/m0/s1. The lowest BCUT2D eigenvalue weighted by atomic mass is 9.98. The van der Waals surface area contributed by atoms with Gasteiger partial charge in [0, 0.05) is 30.2 Å². The predicted octanol–water partition coefficient (Wildman–Crippen LogP) is 3.91. The van der Waals surface area contributed by atoms with Crippen molar-refractivity contribution >= 4 is 28.8 Å². The lowest BCUT2D eigenvalue weighted by molar-refractivity contribution is -0.136. The third-order valence-electron chi connectivity index (χ3n) is 5.44. The van der Waals surface area contributed by atoms with Crippen molar-refractivity contribution < 1.29 is 9.59 Å². The van der Waals surface area contributed by atoms with Crippen LogP contribution in [-0.4, -0.2) is 29.8 Å². The lowest BCUT2D eigenvalue weighted by Gasteiger charge is -2.35. The van der Waals surface area contributed by atoms with Gasteiger partial charge in [-0.05, 0) is 48.1 Å². The van der Waals surface area contributed by atoms with Gasteiger partial charge in [0.15, 0.2) is 0 Å². The van der Waals surface area contributed by atoms with Crippen LogP contribution in [0.3, 0.4) is 0 Å². The first-order valence-electron chi connectivity index (χ1n) is 10.1. The zero-order chi connectivity index (χ0) is 20.9. The molecule has 1 atom stereocenters. The second kappa shape index (κ2) is 9.24. The molecule has 154 valence electrons. The first-order valence-corrected chi connectivity index (χ1v) is 11.0. The molecule has 0 aliphatic carbocycles. The lowest BCUT2D eigenvalue weighted by Crippen LogP contribution is -2.43. The third-order valence-corrected chi connectivity index (χ3v) is 6.42. The molecule has 0 bridgehead atoms. The quantitative estimate of drug-likeness (QED) is 0.617. The molecule has 0 saturated carbocycles. The number of thiophene rings is 1. The molecule has 3 aromatic rings. The topological polar surface area (TPSA) is 61.4 Å². The molecule has 0 unspecified atom stereocenters. The summed E-state index contributed by atoms with van der Waals surface area (Å²) < 4.78 is 0. The molecule has 5 nitrogen and oxygen atoms in total. The molecule has 2 aromatic carbocycles. The SMILES string of the molecule is Cc1ccc(NC(=O)C(=O)NC[C@@H](c2cccs2)N2CCc3ccccc3C2)cc1. The van der Waals surface area contributed by atoms with Gasteiger partial charge in [0.05, 0.1) is 6.04 Å². The molecule has 1 aliphatic heterocycles. The van der Waals surface area contributed by atoms with Gasteiger partial charge in [0.2, 0.25) is 0 Å². The summed E-state index contributed by atoms with van der Waals surface area (Å²) in [6.45, 7) is 4.13. The number of hydrogen-bond donors (Lipinski definition) is 2. The van der Waals surface area contributed by atoms with Gasteiger partial charge in [-0.2, -0.15) is 0 Å². The van der Waals surface area contributed by atoms with E-state index in [1.165, 1.54) is 16.0 Å². The Morgan fingerprint density at radius 1 is 1.00 bits per heavy atom. The minimum atomic E-state index is -0.646. The number of benzene rings is 2. The molecule has 0 saturated heterocycles. The summed E-state index contributed by atoms with van der Waals surface area (Å²) in [5.41, 5.74) is 4.43. The number of carbonyl (C=O) groups is 2. The maximum absolute atomic E-state index is 12.4. The van der Waals surface area contributed by atoms with E-state index in [2.05, 4.69) is 45.9 Å². The minimum Gasteiger partial charge on any atom is -0.346 e. The van der Waals surface area contributed by atoms with E-state index in [-0.39, 0.29) is 6.04 Å². The highest BCUT2D eigenvalue weighted by Crippen LogP contribution is 2.30. The number of nitrogens with one attached hydrogen (secondary N) is 2. The molecule has 2 amide bonds. The molecule has 0 spiro atoms. The number of nitrogens with zero attached hydrogens (tertiary/aromatic N) is 1. The minimum absolute atomic E-state index is 0.0366. The molecule has 6 heteroatoms. The first-order chi connectivity index (χ1) is 14.6. The highest BCUT2D eigenvalue weighted by atomic mass is 32.1. The Bertz CT molecular complexity index is 1020. The first kappa shape index (κ1) is 20.3. The van der Waals surface area contributed by atoms with Gasteiger partial charge in [0.25, 0.3) is 0 Å². The summed E-state index contributed by atoms with van der Waals surface area (Å²) in [6.07, 6.45) is 0.986. The maximum atomic E-state index is 12.4. The third kappa shape index (κ3) is 4.78. The second-order valence-corrected chi connectivity index (χ2v) is 8.53. The van der Waals surface area contributed by atoms with Crippen molar-refractivity contribution in [3.63, 3.8) is 0 Å². The largest absolute Gasteiger partial charge is 0.346 e. The summed E-state index contributed by atoms with van der Waals surface area (Å²) in [5.74, 6) is -1.26. The fourth-order valence-corrected chi connectivity index (χ4v) is 4.63. The average Bonchev–Trinajstić information content (AvgIpc) is 3.30. The van der Waals surface area contributed by atoms with E-state index in [1.807, 2.05) is 30.5 Å². The van der Waals surface area contributed by atoms with Crippen LogP contribution in [0.2, 0.25) is 0 Å². The van der Waals surface area contributed by atoms with E-state index in [0.717, 1.165) is 25.1 Å². The maximum Gasteiger partial charge on any atom is 0.313 e. The Kier molecular flexibility index (Phi) is 6.26. The molecule has 0 radical (unpaired) electrons. The van der Waals surface area contributed by atoms with Crippen molar-refractivity contribution in [2.24, 2.45) is 0 Å². The van der Waals surface area contributed by atoms with Crippen LogP contribution in [0.1, 0.15) is 27.6 Å². The molecule has 4 rings (SSSR count). The Morgan fingerprint density at radius 2 is 1.77 bits per heavy atom. The van der Waals surface area contributed by atoms with Crippen LogP contribution in [0.15, 0.2) is 66.0 Å². The van der Waals surface area contributed by atoms with Crippen LogP contribution in [0, 0.1) is 6.92 Å². The fraction of sp³-hybridized carbons (Fsp3) is 0.250. The van der Waals surface area contributed by atoms with Gasteiger partial charge in [-0.1, -0.05) is 48.0 Å². The fourth-order valence-electron chi connectivity index (χ4n) is 3.77. The molecule has 0 fully saturated rings. The van der Waals surface area contributed by atoms with Crippen LogP contribution < -0.4 is 10.6 Å². The van der Waals surface area contributed by atoms with E-state index in [4.69, 9.17) is 0 Å². The van der Waals surface area contributed by atoms with Crippen LogP contribution in [-0.2, 0) is 22.6 Å². The normalized spacial score (nSPS) is 14.6. The Hall–Kier alpha value is -2.96. The highest BCUT2D eigenvalue weighted by Gasteiger charge is 2.26. The van der Waals surface area contributed by atoms with Gasteiger partial charge < -0.3 is 10.6 Å². The molecule has 2 N–H and O–H groups in total. The van der Waals surface area contributed by atoms with Crippen molar-refractivity contribution in [2.45, 2.75) is 25.9 Å². The van der Waals surface area contributed by atoms with Gasteiger partial charge >= 0.3 is 11.8 Å². The van der Waals surface area contributed by atoms with Crippen LogP contribution in [0.4, 0.5) is 5.69 Å². The highest BCUT2D eigenvalue weighted by molar-refractivity contribution is 7.10. The number of fused-ring (bicyclic) bond motifs is 1. The van der Waals surface area contributed by atoms with E-state index in [1.54, 1.807) is 23.5 Å². The summed E-state index contributed by atoms with van der Waals surface area (Å²) in [6, 6.07) is 20.0. The molecular weight excluding hydrogens is 394 g/mol. The number of anilines is 1. The van der Waals surface area contributed by atoms with Crippen LogP contribution in [0.25, 0.3) is 0 Å². The molecular formula is C24H25N3O2S. The van der Waals surface area contributed by atoms with Crippen molar-refractivity contribution in [3.8, 4) is 0 Å². The Labute approximate surface area is 180 Å². The van der Waals surface area contributed by atoms with Crippen molar-refractivity contribution in [1.82, 2.24) is 10.2 Å². The summed E-state index contributed by atoms with van der Waals surface area (Å²) in [4.78, 5) is 28.3. The molecule has 2 heterocycles. The van der Waals surface area contributed by atoms with Crippen molar-refractivity contribution in [2.75, 3.05) is 18.4 Å². The van der Waals surface area contributed by atoms with E-state index < -0.39 is 11.8 Å². The molecule has 1 aromatic heterocycles. The monoisotopic (exact) mass is 419 g/mol. The zero-order valence-corrected chi connectivity index (χ0v) is 17.7. The summed E-state index contributed by atoms with van der Waals surface area (Å²) >= 11 is 1.68. The Morgan fingerprint density at radius 3 is 2.50 bits per heavy atom. The van der Waals surface area contributed by atoms with Crippen molar-refractivity contribution in [3.05, 3.63) is 87.6 Å². The van der Waals surface area contributed by atoms with E-state index in [9.17, 15) is 9.59 Å². The number of rotatable bonds is 5. The average molecular weight is 420 g/mol. The number of amides is 2. The zero-order valence-electron chi connectivity index (χ0n) is 16.9. The molecule has 30 heavy (non-hydrogen) atoms. The number of hydrogen-bond acceptors (Lipinski definition) is 4. The summed E-state index contributed by atoms with van der Waals surface area (Å²) in [5, 5.41) is 7.54. The van der Waals surface area contributed by atoms with Gasteiger partial charge in [-0.25, -0.2) is 0 Å². The van der Waals surface area contributed by atoms with Crippen LogP contribution in [0.5, 0.6) is 0 Å². The number of aryl methyl sites for hydroxylation is 1. The van der Waals surface area contributed by atoms with E-state index in [0.29, 0.717) is 12.2 Å². The number of carbonyl (C=O) groups excluding carboxylic acids is 2. The van der Waals surface area contributed by atoms with Gasteiger partial charge in [-0.3, -0.25) is 14.5 Å². The van der Waals surface area contributed by atoms with Gasteiger partial charge in [0.1, 0.15) is 0 Å². The van der Waals surface area contributed by atoms with E-state index >= 15 is 0 Å². The molecule has 1 aliphatic rings. The smallest absolute Gasteiger partial charge is 0.313 e. The van der Waals surface area contributed by atoms with Gasteiger partial charge in [-0.15, -0.1) is 11.3 Å². The van der Waals surface area contributed by atoms with Crippen molar-refractivity contribution in [1.29, 1.82) is 0 Å². The summed E-state index contributed by atoms with van der Waals surface area (Å²) in [7, 11) is 0. The second-order valence-electron chi connectivity index (χ2n) is 7.55. The Balaban J connectivity index is 1.41. The predicted molar refractivity (Wildman–Crippen MR) is 120 cm³/mol.